The van der Waals surface area contributed by atoms with E-state index in [-0.39, 0.29) is 11.7 Å². The van der Waals surface area contributed by atoms with Gasteiger partial charge in [-0.05, 0) is 25.0 Å². The molecular formula is C13H18N4O2. The first-order valence-corrected chi connectivity index (χ1v) is 6.34. The Kier molecular flexibility index (Phi) is 3.99. The molecule has 19 heavy (non-hydrogen) atoms. The maximum atomic E-state index is 12.2. The average Bonchev–Trinajstić information content (AvgIpc) is 2.99. The summed E-state index contributed by atoms with van der Waals surface area (Å²) in [5.74, 6) is -0.103. The highest BCUT2D eigenvalue weighted by molar-refractivity contribution is 5.98. The van der Waals surface area contributed by atoms with Gasteiger partial charge in [0.05, 0.1) is 0 Å². The van der Waals surface area contributed by atoms with Gasteiger partial charge in [-0.15, -0.1) is 0 Å². The molecule has 1 fully saturated rings. The van der Waals surface area contributed by atoms with E-state index < -0.39 is 0 Å². The lowest BCUT2D eigenvalue weighted by molar-refractivity contribution is 0.0729. The van der Waals surface area contributed by atoms with E-state index >= 15 is 0 Å². The van der Waals surface area contributed by atoms with E-state index in [1.54, 1.807) is 17.0 Å². The topological polar surface area (TPSA) is 91.8 Å². The molecule has 2 rings (SSSR count). The van der Waals surface area contributed by atoms with Crippen molar-refractivity contribution in [3.8, 4) is 0 Å². The Bertz CT molecular complexity index is 478. The van der Waals surface area contributed by atoms with Crippen LogP contribution in [0.1, 0.15) is 41.7 Å². The molecule has 1 aromatic rings. The van der Waals surface area contributed by atoms with E-state index in [2.05, 4.69) is 10.1 Å². The van der Waals surface area contributed by atoms with Crippen LogP contribution < -0.4 is 5.73 Å². The third kappa shape index (κ3) is 2.83. The summed E-state index contributed by atoms with van der Waals surface area (Å²) >= 11 is 0. The van der Waals surface area contributed by atoms with E-state index in [4.69, 9.17) is 10.9 Å². The summed E-state index contributed by atoms with van der Waals surface area (Å²) in [4.78, 5) is 18.1. The van der Waals surface area contributed by atoms with Gasteiger partial charge >= 0.3 is 0 Å². The number of hydrogen-bond donors (Lipinski definition) is 2. The van der Waals surface area contributed by atoms with Crippen LogP contribution in [-0.4, -0.2) is 39.9 Å². The average molecular weight is 262 g/mol. The summed E-state index contributed by atoms with van der Waals surface area (Å²) in [6.07, 6.45) is 5.91. The Morgan fingerprint density at radius 1 is 1.47 bits per heavy atom. The Hall–Kier alpha value is -2.11. The highest BCUT2D eigenvalue weighted by atomic mass is 16.4. The minimum Gasteiger partial charge on any atom is -0.409 e. The molecule has 1 saturated carbocycles. The molecule has 1 aromatic heterocycles. The zero-order chi connectivity index (χ0) is 13.8. The smallest absolute Gasteiger partial charge is 0.272 e. The number of carbonyl (C=O) groups is 1. The Morgan fingerprint density at radius 3 is 2.68 bits per heavy atom. The van der Waals surface area contributed by atoms with E-state index in [0.29, 0.717) is 17.3 Å². The molecule has 102 valence electrons. The van der Waals surface area contributed by atoms with Crippen LogP contribution in [0.3, 0.4) is 0 Å². The molecule has 6 heteroatoms. The number of amidine groups is 1. The van der Waals surface area contributed by atoms with E-state index in [1.807, 2.05) is 7.05 Å². The first-order valence-electron chi connectivity index (χ1n) is 6.34. The van der Waals surface area contributed by atoms with Crippen LogP contribution >= 0.6 is 0 Å². The van der Waals surface area contributed by atoms with Gasteiger partial charge in [0.1, 0.15) is 5.69 Å². The zero-order valence-electron chi connectivity index (χ0n) is 10.9. The molecule has 0 radical (unpaired) electrons. The van der Waals surface area contributed by atoms with Crippen LogP contribution in [0.25, 0.3) is 0 Å². The minimum atomic E-state index is -0.0852. The van der Waals surface area contributed by atoms with Gasteiger partial charge < -0.3 is 15.8 Å². The fourth-order valence-corrected chi connectivity index (χ4v) is 2.37. The number of nitrogens with two attached hydrogens (primary N) is 1. The molecule has 1 aliphatic carbocycles. The van der Waals surface area contributed by atoms with Crippen LogP contribution in [0.4, 0.5) is 0 Å². The van der Waals surface area contributed by atoms with Gasteiger partial charge in [-0.2, -0.15) is 0 Å². The fraction of sp³-hybridized carbons (Fsp3) is 0.462. The summed E-state index contributed by atoms with van der Waals surface area (Å²) in [6.45, 7) is 0. The summed E-state index contributed by atoms with van der Waals surface area (Å²) in [5.41, 5.74) is 6.31. The van der Waals surface area contributed by atoms with Crippen molar-refractivity contribution >= 4 is 11.7 Å². The van der Waals surface area contributed by atoms with E-state index in [0.717, 1.165) is 12.8 Å². The molecule has 0 unspecified atom stereocenters. The number of aromatic nitrogens is 1. The number of amides is 1. The number of rotatable bonds is 3. The second-order valence-electron chi connectivity index (χ2n) is 4.77. The molecule has 1 aliphatic rings. The maximum Gasteiger partial charge on any atom is 0.272 e. The van der Waals surface area contributed by atoms with Gasteiger partial charge in [0.2, 0.25) is 0 Å². The molecule has 0 aromatic carbocycles. The Morgan fingerprint density at radius 2 is 2.16 bits per heavy atom. The van der Waals surface area contributed by atoms with Crippen LogP contribution in [0.2, 0.25) is 0 Å². The first kappa shape index (κ1) is 13.3. The first-order chi connectivity index (χ1) is 9.13. The number of carbonyl (C=O) groups excluding carboxylic acids is 1. The van der Waals surface area contributed by atoms with E-state index in [9.17, 15) is 4.79 Å². The Labute approximate surface area is 111 Å². The van der Waals surface area contributed by atoms with Gasteiger partial charge in [0.25, 0.3) is 5.91 Å². The zero-order valence-corrected chi connectivity index (χ0v) is 10.9. The monoisotopic (exact) mass is 262 g/mol. The van der Waals surface area contributed by atoms with Crippen molar-refractivity contribution in [2.24, 2.45) is 10.9 Å². The predicted molar refractivity (Wildman–Crippen MR) is 71.1 cm³/mol. The Balaban J connectivity index is 2.11. The van der Waals surface area contributed by atoms with Gasteiger partial charge in [0, 0.05) is 24.8 Å². The number of oxime groups is 1. The molecule has 0 aliphatic heterocycles. The van der Waals surface area contributed by atoms with Crippen molar-refractivity contribution in [1.82, 2.24) is 9.88 Å². The van der Waals surface area contributed by atoms with Crippen molar-refractivity contribution < 1.29 is 10.0 Å². The van der Waals surface area contributed by atoms with E-state index in [1.165, 1.54) is 19.0 Å². The number of hydrogen-bond acceptors (Lipinski definition) is 4. The van der Waals surface area contributed by atoms with Crippen LogP contribution in [0, 0.1) is 0 Å². The second-order valence-corrected chi connectivity index (χ2v) is 4.77. The molecule has 6 nitrogen and oxygen atoms in total. The summed E-state index contributed by atoms with van der Waals surface area (Å²) in [6, 6.07) is 3.54. The van der Waals surface area contributed by atoms with Gasteiger partial charge in [-0.3, -0.25) is 9.78 Å². The molecular weight excluding hydrogens is 244 g/mol. The van der Waals surface area contributed by atoms with Crippen molar-refractivity contribution in [2.75, 3.05) is 7.05 Å². The molecule has 1 amide bonds. The van der Waals surface area contributed by atoms with Gasteiger partial charge in [-0.25, -0.2) is 0 Å². The third-order valence-corrected chi connectivity index (χ3v) is 3.58. The lowest BCUT2D eigenvalue weighted by Gasteiger charge is -2.23. The van der Waals surface area contributed by atoms with Gasteiger partial charge in [-0.1, -0.05) is 18.0 Å². The molecule has 1 heterocycles. The quantitative estimate of drug-likeness (QED) is 0.370. The maximum absolute atomic E-state index is 12.2. The minimum absolute atomic E-state index is 0.0179. The van der Waals surface area contributed by atoms with Crippen LogP contribution in [-0.2, 0) is 0 Å². The molecule has 0 saturated heterocycles. The largest absolute Gasteiger partial charge is 0.409 e. The predicted octanol–water partition coefficient (Wildman–Crippen LogP) is 1.19. The molecule has 0 bridgehead atoms. The van der Waals surface area contributed by atoms with Crippen molar-refractivity contribution in [3.05, 3.63) is 29.6 Å². The van der Waals surface area contributed by atoms with Crippen molar-refractivity contribution in [1.29, 1.82) is 0 Å². The lowest BCUT2D eigenvalue weighted by atomic mass is 10.2. The third-order valence-electron chi connectivity index (χ3n) is 3.58. The van der Waals surface area contributed by atoms with Crippen LogP contribution in [0.15, 0.2) is 23.5 Å². The highest BCUT2D eigenvalue weighted by Crippen LogP contribution is 2.23. The summed E-state index contributed by atoms with van der Waals surface area (Å²) in [5, 5.41) is 11.4. The SMILES string of the molecule is CN(C(=O)c1ccc(C(N)=NO)cn1)C1CCCC1. The standard InChI is InChI=1S/C13H18N4O2/c1-17(10-4-2-3-5-10)13(18)11-7-6-9(8-15-11)12(14)16-19/h6-8,10,19H,2-5H2,1H3,(H2,14,16). The van der Waals surface area contributed by atoms with Gasteiger partial charge in [0.15, 0.2) is 5.84 Å². The summed E-state index contributed by atoms with van der Waals surface area (Å²) in [7, 11) is 1.82. The van der Waals surface area contributed by atoms with Crippen molar-refractivity contribution in [3.63, 3.8) is 0 Å². The normalized spacial score (nSPS) is 16.6. The lowest BCUT2D eigenvalue weighted by Crippen LogP contribution is -2.35. The second kappa shape index (κ2) is 5.69. The summed E-state index contributed by atoms with van der Waals surface area (Å²) < 4.78 is 0. The van der Waals surface area contributed by atoms with Crippen molar-refractivity contribution in [2.45, 2.75) is 31.7 Å². The number of nitrogens with zero attached hydrogens (tertiary/aromatic N) is 3. The molecule has 0 spiro atoms. The number of pyridine rings is 1. The van der Waals surface area contributed by atoms with Crippen LogP contribution in [0.5, 0.6) is 0 Å². The molecule has 0 atom stereocenters. The molecule has 3 N–H and O–H groups in total. The highest BCUT2D eigenvalue weighted by Gasteiger charge is 2.24. The fourth-order valence-electron chi connectivity index (χ4n) is 2.37.